The second-order valence-electron chi connectivity index (χ2n) is 3.67. The molecular weight excluding hydrogens is 262 g/mol. The van der Waals surface area contributed by atoms with Crippen molar-refractivity contribution in [1.82, 2.24) is 5.32 Å². The van der Waals surface area contributed by atoms with Gasteiger partial charge in [0.2, 0.25) is 5.91 Å². The summed E-state index contributed by atoms with van der Waals surface area (Å²) in [7, 11) is 1.52. The van der Waals surface area contributed by atoms with Crippen molar-refractivity contribution in [2.45, 2.75) is 31.2 Å². The fourth-order valence-corrected chi connectivity index (χ4v) is 2.30. The molecule has 0 radical (unpaired) electrons. The summed E-state index contributed by atoms with van der Waals surface area (Å²) in [6.07, 6.45) is 0.729. The smallest absolute Gasteiger partial charge is 0.261 e. The van der Waals surface area contributed by atoms with Crippen molar-refractivity contribution in [1.29, 1.82) is 0 Å². The molecule has 94 valence electrons. The van der Waals surface area contributed by atoms with Crippen LogP contribution in [0.15, 0.2) is 29.2 Å². The fraction of sp³-hybridized carbons (Fsp3) is 0.364. The van der Waals surface area contributed by atoms with E-state index in [0.717, 1.165) is 12.0 Å². The number of halogens is 1. The summed E-state index contributed by atoms with van der Waals surface area (Å²) in [6.45, 7) is 3.38. The van der Waals surface area contributed by atoms with E-state index < -0.39 is 9.05 Å². The summed E-state index contributed by atoms with van der Waals surface area (Å²) in [6, 6.07) is 6.06. The number of benzene rings is 1. The van der Waals surface area contributed by atoms with Crippen LogP contribution < -0.4 is 5.32 Å². The van der Waals surface area contributed by atoms with Gasteiger partial charge in [0.15, 0.2) is 0 Å². The third-order valence-electron chi connectivity index (χ3n) is 2.35. The molecule has 0 spiro atoms. The van der Waals surface area contributed by atoms with Gasteiger partial charge in [-0.05, 0) is 24.1 Å². The maximum Gasteiger partial charge on any atom is 0.261 e. The van der Waals surface area contributed by atoms with Crippen LogP contribution in [0, 0.1) is 0 Å². The van der Waals surface area contributed by atoms with Gasteiger partial charge in [-0.2, -0.15) is 0 Å². The first-order chi connectivity index (χ1) is 7.84. The highest BCUT2D eigenvalue weighted by Crippen LogP contribution is 2.20. The Morgan fingerprint density at radius 2 is 1.88 bits per heavy atom. The molecule has 0 heterocycles. The van der Waals surface area contributed by atoms with Gasteiger partial charge in [-0.15, -0.1) is 0 Å². The van der Waals surface area contributed by atoms with E-state index in [0.29, 0.717) is 0 Å². The van der Waals surface area contributed by atoms with Crippen molar-refractivity contribution >= 4 is 25.6 Å². The van der Waals surface area contributed by atoms with E-state index in [1.54, 1.807) is 12.1 Å². The van der Waals surface area contributed by atoms with Crippen LogP contribution in [0.5, 0.6) is 0 Å². The van der Waals surface area contributed by atoms with E-state index in [1.807, 2.05) is 6.92 Å². The van der Waals surface area contributed by atoms with E-state index in [9.17, 15) is 13.2 Å². The molecule has 6 heteroatoms. The van der Waals surface area contributed by atoms with Crippen molar-refractivity contribution in [2.24, 2.45) is 0 Å². The minimum Gasteiger partial charge on any atom is -0.350 e. The largest absolute Gasteiger partial charge is 0.350 e. The van der Waals surface area contributed by atoms with Crippen molar-refractivity contribution in [3.8, 4) is 0 Å². The molecule has 1 atom stereocenters. The Balaban J connectivity index is 2.97. The average molecular weight is 276 g/mol. The highest BCUT2D eigenvalue weighted by Gasteiger charge is 2.13. The first-order valence-electron chi connectivity index (χ1n) is 5.16. The van der Waals surface area contributed by atoms with Gasteiger partial charge >= 0.3 is 0 Å². The number of carbonyl (C=O) groups is 1. The minimum absolute atomic E-state index is 0.0561. The zero-order valence-corrected chi connectivity index (χ0v) is 11.2. The van der Waals surface area contributed by atoms with Crippen molar-refractivity contribution in [3.63, 3.8) is 0 Å². The van der Waals surface area contributed by atoms with Gasteiger partial charge in [0.1, 0.15) is 0 Å². The molecule has 0 aliphatic heterocycles. The molecule has 1 amide bonds. The molecule has 1 aromatic rings. The van der Waals surface area contributed by atoms with Crippen LogP contribution in [0.1, 0.15) is 31.9 Å². The molecule has 0 fully saturated rings. The molecule has 0 aliphatic carbocycles. The van der Waals surface area contributed by atoms with Gasteiger partial charge in [0, 0.05) is 17.6 Å². The van der Waals surface area contributed by atoms with Gasteiger partial charge in [-0.1, -0.05) is 19.1 Å². The number of amides is 1. The van der Waals surface area contributed by atoms with Gasteiger partial charge in [0.25, 0.3) is 9.05 Å². The van der Waals surface area contributed by atoms with E-state index >= 15 is 0 Å². The van der Waals surface area contributed by atoms with Crippen molar-refractivity contribution in [2.75, 3.05) is 0 Å². The Kier molecular flexibility index (Phi) is 4.54. The maximum atomic E-state index is 11.1. The fourth-order valence-electron chi connectivity index (χ4n) is 1.53. The highest BCUT2D eigenvalue weighted by molar-refractivity contribution is 8.13. The molecule has 1 N–H and O–H groups in total. The number of nitrogens with one attached hydrogen (secondary N) is 1. The second-order valence-corrected chi connectivity index (χ2v) is 6.23. The maximum absolute atomic E-state index is 11.1. The number of rotatable bonds is 4. The van der Waals surface area contributed by atoms with E-state index in [1.165, 1.54) is 19.1 Å². The van der Waals surface area contributed by atoms with Crippen LogP contribution in [0.3, 0.4) is 0 Å². The lowest BCUT2D eigenvalue weighted by atomic mass is 10.0. The number of hydrogen-bond acceptors (Lipinski definition) is 3. The second kappa shape index (κ2) is 5.51. The summed E-state index contributed by atoms with van der Waals surface area (Å²) < 4.78 is 22.1. The topological polar surface area (TPSA) is 63.2 Å². The van der Waals surface area contributed by atoms with Gasteiger partial charge < -0.3 is 5.32 Å². The molecule has 0 saturated carbocycles. The Labute approximate surface area is 105 Å². The lowest BCUT2D eigenvalue weighted by Gasteiger charge is -2.16. The van der Waals surface area contributed by atoms with Crippen LogP contribution in [0.25, 0.3) is 0 Å². The highest BCUT2D eigenvalue weighted by atomic mass is 35.7. The average Bonchev–Trinajstić information content (AvgIpc) is 2.24. The predicted molar refractivity (Wildman–Crippen MR) is 66.3 cm³/mol. The molecule has 1 rings (SSSR count). The summed E-state index contributed by atoms with van der Waals surface area (Å²) in [5.41, 5.74) is 0.853. The Hall–Kier alpha value is -1.07. The summed E-state index contributed by atoms with van der Waals surface area (Å²) in [4.78, 5) is 11.0. The van der Waals surface area contributed by atoms with Crippen LogP contribution in [-0.2, 0) is 13.8 Å². The molecule has 17 heavy (non-hydrogen) atoms. The Morgan fingerprint density at radius 3 is 2.24 bits per heavy atom. The van der Waals surface area contributed by atoms with Crippen molar-refractivity contribution in [3.05, 3.63) is 29.8 Å². The molecule has 0 unspecified atom stereocenters. The van der Waals surface area contributed by atoms with Crippen molar-refractivity contribution < 1.29 is 13.2 Å². The van der Waals surface area contributed by atoms with E-state index in [4.69, 9.17) is 10.7 Å². The van der Waals surface area contributed by atoms with Gasteiger partial charge in [-0.25, -0.2) is 8.42 Å². The summed E-state index contributed by atoms with van der Waals surface area (Å²) in [5, 5.41) is 2.78. The van der Waals surface area contributed by atoms with Gasteiger partial charge in [0.05, 0.1) is 10.9 Å². The van der Waals surface area contributed by atoms with Crippen LogP contribution in [0.2, 0.25) is 0 Å². The third-order valence-corrected chi connectivity index (χ3v) is 3.72. The van der Waals surface area contributed by atoms with Crippen LogP contribution >= 0.6 is 10.7 Å². The lowest BCUT2D eigenvalue weighted by Crippen LogP contribution is -2.25. The molecular formula is C11H14ClNO3S. The summed E-state index contributed by atoms with van der Waals surface area (Å²) in [5.74, 6) is -0.120. The van der Waals surface area contributed by atoms with Crippen LogP contribution in [-0.4, -0.2) is 14.3 Å². The quantitative estimate of drug-likeness (QED) is 0.857. The first-order valence-corrected chi connectivity index (χ1v) is 7.47. The minimum atomic E-state index is -3.69. The van der Waals surface area contributed by atoms with Crippen LogP contribution in [0.4, 0.5) is 0 Å². The molecule has 0 saturated heterocycles. The summed E-state index contributed by atoms with van der Waals surface area (Å²) >= 11 is 0. The molecule has 1 aromatic carbocycles. The number of hydrogen-bond donors (Lipinski definition) is 1. The van der Waals surface area contributed by atoms with E-state index in [2.05, 4.69) is 5.32 Å². The lowest BCUT2D eigenvalue weighted by molar-refractivity contribution is -0.119. The first kappa shape index (κ1) is 14.0. The number of carbonyl (C=O) groups excluding carboxylic acids is 1. The molecule has 4 nitrogen and oxygen atoms in total. The van der Waals surface area contributed by atoms with Gasteiger partial charge in [-0.3, -0.25) is 4.79 Å². The Bertz CT molecular complexity index is 496. The normalized spacial score (nSPS) is 13.1. The Morgan fingerprint density at radius 1 is 1.35 bits per heavy atom. The van der Waals surface area contributed by atoms with E-state index in [-0.39, 0.29) is 16.8 Å². The molecule has 0 bridgehead atoms. The zero-order chi connectivity index (χ0) is 13.1. The standard InChI is InChI=1S/C11H14ClNO3S/c1-3-11(13-8(2)14)9-4-6-10(7-5-9)17(12,15)16/h4-7,11H,3H2,1-2H3,(H,13,14)/t11-/m1/s1. The predicted octanol–water partition coefficient (Wildman–Crippen LogP) is 2.20. The zero-order valence-electron chi connectivity index (χ0n) is 9.60. The molecule has 0 aromatic heterocycles. The third kappa shape index (κ3) is 4.02. The monoisotopic (exact) mass is 275 g/mol. The molecule has 0 aliphatic rings. The SMILES string of the molecule is CC[C@@H](NC(C)=O)c1ccc(S(=O)(=O)Cl)cc1.